The highest BCUT2D eigenvalue weighted by molar-refractivity contribution is 7.26. The van der Waals surface area contributed by atoms with E-state index in [0.29, 0.717) is 17.5 Å². The lowest BCUT2D eigenvalue weighted by molar-refractivity contribution is 1.06. The molecule has 0 N–H and O–H groups in total. The van der Waals surface area contributed by atoms with Gasteiger partial charge in [-0.3, -0.25) is 0 Å². The van der Waals surface area contributed by atoms with Crippen molar-refractivity contribution in [1.29, 1.82) is 0 Å². The summed E-state index contributed by atoms with van der Waals surface area (Å²) in [6.45, 7) is 0. The van der Waals surface area contributed by atoms with E-state index in [0.717, 1.165) is 54.2 Å². The van der Waals surface area contributed by atoms with Gasteiger partial charge in [0.2, 0.25) is 0 Å². The number of thiazole rings is 1. The van der Waals surface area contributed by atoms with Crippen molar-refractivity contribution in [2.75, 3.05) is 0 Å². The maximum atomic E-state index is 5.28. The van der Waals surface area contributed by atoms with Crippen LogP contribution in [0.1, 0.15) is 0 Å². The molecule has 0 saturated carbocycles. The van der Waals surface area contributed by atoms with Gasteiger partial charge in [-0.05, 0) is 54.1 Å². The number of fused-ring (bicyclic) bond motifs is 7. The van der Waals surface area contributed by atoms with Crippen LogP contribution in [0.15, 0.2) is 188 Å². The van der Waals surface area contributed by atoms with Gasteiger partial charge in [0.15, 0.2) is 17.5 Å². The summed E-state index contributed by atoms with van der Waals surface area (Å²) < 4.78 is 6.13. The van der Waals surface area contributed by atoms with Gasteiger partial charge < -0.3 is 4.57 Å². The maximum absolute atomic E-state index is 5.28. The smallest absolute Gasteiger partial charge is 0.166 e. The lowest BCUT2D eigenvalue weighted by atomic mass is 9.98. The number of nitrogens with zero attached hydrogens (tertiary/aromatic N) is 5. The van der Waals surface area contributed by atoms with Gasteiger partial charge >= 0.3 is 0 Å². The second kappa shape index (κ2) is 13.7. The minimum Gasteiger partial charge on any atom is -0.308 e. The van der Waals surface area contributed by atoms with Gasteiger partial charge in [-0.15, -0.1) is 22.7 Å². The van der Waals surface area contributed by atoms with E-state index >= 15 is 0 Å². The molecule has 0 fully saturated rings. The molecular weight excluding hydrogens is 759 g/mol. The van der Waals surface area contributed by atoms with Crippen molar-refractivity contribution < 1.29 is 0 Å². The number of hydrogen-bond acceptors (Lipinski definition) is 6. The Balaban J connectivity index is 1.15. The highest BCUT2D eigenvalue weighted by Gasteiger charge is 2.23. The Morgan fingerprint density at radius 2 is 0.983 bits per heavy atom. The van der Waals surface area contributed by atoms with Gasteiger partial charge in [-0.1, -0.05) is 140 Å². The molecule has 0 unspecified atom stereocenters. The van der Waals surface area contributed by atoms with Crippen LogP contribution in [0.25, 0.3) is 114 Å². The van der Waals surface area contributed by atoms with Crippen LogP contribution < -0.4 is 0 Å². The topological polar surface area (TPSA) is 56.5 Å². The molecule has 8 aromatic carbocycles. The minimum atomic E-state index is 0.591. The minimum absolute atomic E-state index is 0.591. The SMILES string of the molecule is c1ccc(-c2nc(-c3ccccc3)nc(-c3cc(-c4nc5ccccc5s4)ccc3-n3c4ccccc4c4c(-c5cccc6c5sc5ccccc56)cccc43)n2)cc1. The summed E-state index contributed by atoms with van der Waals surface area (Å²) in [7, 11) is 0. The first-order valence-corrected chi connectivity index (χ1v) is 21.2. The highest BCUT2D eigenvalue weighted by Crippen LogP contribution is 2.46. The zero-order valence-electron chi connectivity index (χ0n) is 31.5. The molecule has 0 atom stereocenters. The van der Waals surface area contributed by atoms with Crippen LogP contribution in [-0.2, 0) is 0 Å². The van der Waals surface area contributed by atoms with Gasteiger partial charge in [0.25, 0.3) is 0 Å². The van der Waals surface area contributed by atoms with E-state index in [9.17, 15) is 0 Å². The molecule has 0 aliphatic rings. The number of para-hydroxylation sites is 2. The Kier molecular flexibility index (Phi) is 7.82. The van der Waals surface area contributed by atoms with Gasteiger partial charge in [0, 0.05) is 58.8 Å². The van der Waals surface area contributed by atoms with Crippen molar-refractivity contribution in [3.63, 3.8) is 0 Å². The molecule has 0 spiro atoms. The Morgan fingerprint density at radius 3 is 1.76 bits per heavy atom. The van der Waals surface area contributed by atoms with E-state index in [4.69, 9.17) is 19.9 Å². The predicted octanol–water partition coefficient (Wildman–Crippen LogP) is 14.3. The molecule has 0 amide bonds. The fourth-order valence-corrected chi connectivity index (χ4v) is 10.6. The molecule has 0 aliphatic carbocycles. The molecule has 12 aromatic rings. The van der Waals surface area contributed by atoms with Crippen LogP contribution in [0.5, 0.6) is 0 Å². The molecule has 5 nitrogen and oxygen atoms in total. The summed E-state index contributed by atoms with van der Waals surface area (Å²) in [5, 5.41) is 5.92. The van der Waals surface area contributed by atoms with E-state index in [1.807, 2.05) is 53.8 Å². The van der Waals surface area contributed by atoms with Crippen molar-refractivity contribution in [1.82, 2.24) is 24.5 Å². The fraction of sp³-hybridized carbons (Fsp3) is 0. The van der Waals surface area contributed by atoms with E-state index in [-0.39, 0.29) is 0 Å². The average molecular weight is 790 g/mol. The third-order valence-electron chi connectivity index (χ3n) is 11.1. The third-order valence-corrected chi connectivity index (χ3v) is 13.4. The average Bonchev–Trinajstić information content (AvgIpc) is 4.02. The summed E-state index contributed by atoms with van der Waals surface area (Å²) >= 11 is 3.56. The van der Waals surface area contributed by atoms with Crippen LogP contribution in [-0.4, -0.2) is 24.5 Å². The van der Waals surface area contributed by atoms with Crippen LogP contribution >= 0.6 is 22.7 Å². The second-order valence-corrected chi connectivity index (χ2v) is 16.7. The van der Waals surface area contributed by atoms with Crippen LogP contribution in [0.2, 0.25) is 0 Å². The summed E-state index contributed by atoms with van der Waals surface area (Å²) in [5.41, 5.74) is 10.4. The lowest BCUT2D eigenvalue weighted by Gasteiger charge is -2.16. The number of thiophene rings is 1. The molecule has 0 aliphatic heterocycles. The van der Waals surface area contributed by atoms with E-state index in [2.05, 4.69) is 150 Å². The fourth-order valence-electron chi connectivity index (χ4n) is 8.43. The molecule has 0 saturated heterocycles. The summed E-state index contributed by atoms with van der Waals surface area (Å²) in [4.78, 5) is 20.7. The first-order chi connectivity index (χ1) is 29.2. The lowest BCUT2D eigenvalue weighted by Crippen LogP contribution is -2.04. The Hall–Kier alpha value is -7.32. The second-order valence-electron chi connectivity index (χ2n) is 14.6. The molecule has 59 heavy (non-hydrogen) atoms. The number of rotatable bonds is 6. The summed E-state index contributed by atoms with van der Waals surface area (Å²) in [6.07, 6.45) is 0. The molecule has 0 bridgehead atoms. The predicted molar refractivity (Wildman–Crippen MR) is 247 cm³/mol. The molecule has 7 heteroatoms. The third kappa shape index (κ3) is 5.58. The van der Waals surface area contributed by atoms with Gasteiger partial charge in [0.05, 0.1) is 26.9 Å². The zero-order chi connectivity index (χ0) is 38.9. The maximum Gasteiger partial charge on any atom is 0.166 e. The number of hydrogen-bond donors (Lipinski definition) is 0. The van der Waals surface area contributed by atoms with Gasteiger partial charge in [-0.25, -0.2) is 19.9 Å². The highest BCUT2D eigenvalue weighted by atomic mass is 32.1. The van der Waals surface area contributed by atoms with Crippen molar-refractivity contribution in [2.45, 2.75) is 0 Å². The van der Waals surface area contributed by atoms with E-state index < -0.39 is 0 Å². The summed E-state index contributed by atoms with van der Waals surface area (Å²) in [6, 6.07) is 66.2. The van der Waals surface area contributed by atoms with E-state index in [1.54, 1.807) is 11.3 Å². The van der Waals surface area contributed by atoms with Gasteiger partial charge in [0.1, 0.15) is 5.01 Å². The first kappa shape index (κ1) is 33.8. The molecule has 0 radical (unpaired) electrons. The standard InChI is InChI=1S/C52H31N5S2/c1-3-15-32(16-4-1)49-54-50(33-17-5-2-6-18-33)56-51(55-49)40-31-34(52-53-41-24-9-12-28-46(41)59-52)29-30-43(40)57-42-25-10-7-20-39(42)47-36(21-14-26-44(47)57)38-23-13-22-37-35-19-8-11-27-45(35)58-48(37)38/h1-31H. The monoisotopic (exact) mass is 789 g/mol. The Morgan fingerprint density at radius 1 is 0.373 bits per heavy atom. The van der Waals surface area contributed by atoms with Crippen molar-refractivity contribution in [3.05, 3.63) is 188 Å². The van der Waals surface area contributed by atoms with Crippen molar-refractivity contribution >= 4 is 74.9 Å². The van der Waals surface area contributed by atoms with Crippen molar-refractivity contribution in [3.8, 4) is 61.5 Å². The number of aromatic nitrogens is 5. The quantitative estimate of drug-likeness (QED) is 0.168. The van der Waals surface area contributed by atoms with Crippen molar-refractivity contribution in [2.24, 2.45) is 0 Å². The van der Waals surface area contributed by atoms with Crippen LogP contribution in [0.3, 0.4) is 0 Å². The largest absolute Gasteiger partial charge is 0.308 e. The first-order valence-electron chi connectivity index (χ1n) is 19.6. The Labute approximate surface area is 347 Å². The van der Waals surface area contributed by atoms with E-state index in [1.165, 1.54) is 42.1 Å². The normalized spacial score (nSPS) is 11.7. The molecule has 12 rings (SSSR count). The number of benzene rings is 8. The van der Waals surface area contributed by atoms with Crippen LogP contribution in [0.4, 0.5) is 0 Å². The zero-order valence-corrected chi connectivity index (χ0v) is 33.1. The van der Waals surface area contributed by atoms with Gasteiger partial charge in [-0.2, -0.15) is 0 Å². The molecule has 4 aromatic heterocycles. The Bertz CT molecular complexity index is 3480. The molecule has 4 heterocycles. The summed E-state index contributed by atoms with van der Waals surface area (Å²) in [5.74, 6) is 1.83. The van der Waals surface area contributed by atoms with Crippen LogP contribution in [0, 0.1) is 0 Å². The molecule has 276 valence electrons. The molecular formula is C52H31N5S2.